The monoisotopic (exact) mass is 431 g/mol. The molecule has 1 saturated heterocycles. The van der Waals surface area contributed by atoms with E-state index in [4.69, 9.17) is 4.74 Å². The third-order valence-corrected chi connectivity index (χ3v) is 7.73. The average molecular weight is 432 g/mol. The summed E-state index contributed by atoms with van der Waals surface area (Å²) in [6.07, 6.45) is 3.06. The van der Waals surface area contributed by atoms with Crippen LogP contribution >= 0.6 is 11.5 Å². The normalized spacial score (nSPS) is 17.9. The molecule has 2 heterocycles. The van der Waals surface area contributed by atoms with Crippen LogP contribution in [0.1, 0.15) is 12.8 Å². The van der Waals surface area contributed by atoms with Gasteiger partial charge in [0.2, 0.25) is 15.9 Å². The molecule has 0 radical (unpaired) electrons. The van der Waals surface area contributed by atoms with Crippen molar-refractivity contribution in [2.75, 3.05) is 25.5 Å². The number of carbonyl (C=O) groups is 1. The van der Waals surface area contributed by atoms with Gasteiger partial charge in [0.25, 0.3) is 0 Å². The molecule has 7 nitrogen and oxygen atoms in total. The minimum absolute atomic E-state index is 0.165. The van der Waals surface area contributed by atoms with E-state index < -0.39 is 15.9 Å². The Morgan fingerprint density at radius 1 is 1.24 bits per heavy atom. The highest BCUT2D eigenvalue weighted by atomic mass is 32.2. The third-order valence-electron chi connectivity index (χ3n) is 5.07. The molecular weight excluding hydrogens is 410 g/mol. The van der Waals surface area contributed by atoms with Crippen LogP contribution in [-0.4, -0.2) is 43.2 Å². The molecule has 1 aromatic heterocycles. The molecule has 0 unspecified atom stereocenters. The Hall–Kier alpha value is -2.49. The van der Waals surface area contributed by atoms with Gasteiger partial charge in [-0.2, -0.15) is 8.68 Å². The SMILES string of the molecule is COc1ccc(S(=O)(=O)N2CCC[C@H](C(=O)Nc3ccc4sncc4c3)C2)cc1. The summed E-state index contributed by atoms with van der Waals surface area (Å²) in [7, 11) is -2.12. The number of ether oxygens (including phenoxy) is 1. The highest BCUT2D eigenvalue weighted by molar-refractivity contribution is 7.89. The van der Waals surface area contributed by atoms with E-state index in [1.165, 1.54) is 35.1 Å². The fraction of sp³-hybridized carbons (Fsp3) is 0.300. The molecule has 9 heteroatoms. The molecule has 4 rings (SSSR count). The van der Waals surface area contributed by atoms with Gasteiger partial charge in [0.05, 0.1) is 22.6 Å². The number of amides is 1. The Morgan fingerprint density at radius 2 is 2.03 bits per heavy atom. The van der Waals surface area contributed by atoms with Gasteiger partial charge in [-0.05, 0) is 66.8 Å². The lowest BCUT2D eigenvalue weighted by atomic mass is 9.98. The van der Waals surface area contributed by atoms with Crippen LogP contribution in [0.4, 0.5) is 5.69 Å². The number of sulfonamides is 1. The van der Waals surface area contributed by atoms with Crippen molar-refractivity contribution in [3.63, 3.8) is 0 Å². The average Bonchev–Trinajstić information content (AvgIpc) is 3.22. The van der Waals surface area contributed by atoms with Gasteiger partial charge < -0.3 is 10.1 Å². The number of hydrogen-bond acceptors (Lipinski definition) is 6. The van der Waals surface area contributed by atoms with Crippen LogP contribution < -0.4 is 10.1 Å². The summed E-state index contributed by atoms with van der Waals surface area (Å²) >= 11 is 1.40. The summed E-state index contributed by atoms with van der Waals surface area (Å²) in [5.74, 6) is 0.0351. The first kappa shape index (κ1) is 19.8. The van der Waals surface area contributed by atoms with Gasteiger partial charge >= 0.3 is 0 Å². The summed E-state index contributed by atoms with van der Waals surface area (Å²) < 4.78 is 37.6. The maximum atomic E-state index is 13.0. The Balaban J connectivity index is 1.47. The number of carbonyl (C=O) groups excluding carboxylic acids is 1. The van der Waals surface area contributed by atoms with E-state index in [0.29, 0.717) is 30.8 Å². The zero-order valence-electron chi connectivity index (χ0n) is 15.9. The van der Waals surface area contributed by atoms with Crippen molar-refractivity contribution in [2.24, 2.45) is 5.92 Å². The molecule has 29 heavy (non-hydrogen) atoms. The second-order valence-electron chi connectivity index (χ2n) is 6.95. The molecule has 1 aliphatic rings. The first-order valence-electron chi connectivity index (χ1n) is 9.27. The van der Waals surface area contributed by atoms with Crippen molar-refractivity contribution in [2.45, 2.75) is 17.7 Å². The molecule has 1 N–H and O–H groups in total. The van der Waals surface area contributed by atoms with E-state index in [2.05, 4.69) is 9.69 Å². The molecule has 152 valence electrons. The van der Waals surface area contributed by atoms with Crippen molar-refractivity contribution in [1.29, 1.82) is 0 Å². The minimum Gasteiger partial charge on any atom is -0.497 e. The van der Waals surface area contributed by atoms with E-state index in [1.807, 2.05) is 18.2 Å². The highest BCUT2D eigenvalue weighted by Gasteiger charge is 2.33. The predicted molar refractivity (Wildman–Crippen MR) is 113 cm³/mol. The molecule has 2 aromatic carbocycles. The van der Waals surface area contributed by atoms with Crippen LogP contribution in [0.2, 0.25) is 0 Å². The fourth-order valence-electron chi connectivity index (χ4n) is 3.47. The lowest BCUT2D eigenvalue weighted by molar-refractivity contribution is -0.120. The molecule has 0 spiro atoms. The van der Waals surface area contributed by atoms with E-state index in [0.717, 1.165) is 10.1 Å². The number of anilines is 1. The lowest BCUT2D eigenvalue weighted by Crippen LogP contribution is -2.43. The topological polar surface area (TPSA) is 88.6 Å². The van der Waals surface area contributed by atoms with Crippen LogP contribution in [0.5, 0.6) is 5.75 Å². The number of hydrogen-bond donors (Lipinski definition) is 1. The molecule has 1 fully saturated rings. The van der Waals surface area contributed by atoms with Crippen molar-refractivity contribution >= 4 is 43.2 Å². The quantitative estimate of drug-likeness (QED) is 0.669. The second kappa shape index (κ2) is 8.10. The van der Waals surface area contributed by atoms with Crippen molar-refractivity contribution in [3.05, 3.63) is 48.7 Å². The van der Waals surface area contributed by atoms with Gasteiger partial charge in [-0.3, -0.25) is 4.79 Å². The largest absolute Gasteiger partial charge is 0.497 e. The highest BCUT2D eigenvalue weighted by Crippen LogP contribution is 2.27. The summed E-state index contributed by atoms with van der Waals surface area (Å²) in [5.41, 5.74) is 0.692. The summed E-state index contributed by atoms with van der Waals surface area (Å²) in [6, 6.07) is 11.9. The van der Waals surface area contributed by atoms with Crippen molar-refractivity contribution in [1.82, 2.24) is 8.68 Å². The van der Waals surface area contributed by atoms with Gasteiger partial charge in [0.15, 0.2) is 0 Å². The van der Waals surface area contributed by atoms with Crippen LogP contribution in [0.25, 0.3) is 10.1 Å². The van der Waals surface area contributed by atoms with Gasteiger partial charge in [0, 0.05) is 30.4 Å². The number of benzene rings is 2. The number of fused-ring (bicyclic) bond motifs is 1. The fourth-order valence-corrected chi connectivity index (χ4v) is 5.62. The molecule has 0 saturated carbocycles. The molecule has 0 bridgehead atoms. The molecular formula is C20H21N3O4S2. The zero-order chi connectivity index (χ0) is 20.4. The molecule has 0 aliphatic carbocycles. The second-order valence-corrected chi connectivity index (χ2v) is 9.72. The number of methoxy groups -OCH3 is 1. The Bertz CT molecular complexity index is 1130. The maximum absolute atomic E-state index is 13.0. The summed E-state index contributed by atoms with van der Waals surface area (Å²) in [4.78, 5) is 13.0. The van der Waals surface area contributed by atoms with Crippen LogP contribution in [0, 0.1) is 5.92 Å². The zero-order valence-corrected chi connectivity index (χ0v) is 17.5. The van der Waals surface area contributed by atoms with E-state index in [1.54, 1.807) is 18.3 Å². The van der Waals surface area contributed by atoms with Crippen LogP contribution in [0.15, 0.2) is 53.6 Å². The maximum Gasteiger partial charge on any atom is 0.243 e. The molecule has 1 aliphatic heterocycles. The van der Waals surface area contributed by atoms with Gasteiger partial charge in [-0.15, -0.1) is 0 Å². The molecule has 3 aromatic rings. The number of rotatable bonds is 5. The van der Waals surface area contributed by atoms with Crippen LogP contribution in [-0.2, 0) is 14.8 Å². The van der Waals surface area contributed by atoms with E-state index >= 15 is 0 Å². The summed E-state index contributed by atoms with van der Waals surface area (Å²) in [6.45, 7) is 0.577. The molecule has 1 atom stereocenters. The number of aromatic nitrogens is 1. The standard InChI is InChI=1S/C20H21N3O4S2/c1-27-17-5-7-18(8-6-17)29(25,26)23-10-2-3-14(13-23)20(24)22-16-4-9-19-15(11-16)12-21-28-19/h4-9,11-12,14H,2-3,10,13H2,1H3,(H,22,24)/t14-/m0/s1. The summed E-state index contributed by atoms with van der Waals surface area (Å²) in [5, 5.41) is 3.89. The lowest BCUT2D eigenvalue weighted by Gasteiger charge is -2.31. The Labute approximate surface area is 173 Å². The number of piperidine rings is 1. The smallest absolute Gasteiger partial charge is 0.243 e. The van der Waals surface area contributed by atoms with Gasteiger partial charge in [0.1, 0.15) is 5.75 Å². The van der Waals surface area contributed by atoms with Crippen LogP contribution in [0.3, 0.4) is 0 Å². The van der Waals surface area contributed by atoms with Gasteiger partial charge in [-0.1, -0.05) is 0 Å². The Morgan fingerprint density at radius 3 is 2.79 bits per heavy atom. The third kappa shape index (κ3) is 4.12. The number of nitrogens with one attached hydrogen (secondary N) is 1. The first-order chi connectivity index (χ1) is 14.0. The van der Waals surface area contributed by atoms with Crippen molar-refractivity contribution in [3.8, 4) is 5.75 Å². The molecule has 1 amide bonds. The number of nitrogens with zero attached hydrogens (tertiary/aromatic N) is 2. The first-order valence-corrected chi connectivity index (χ1v) is 11.5. The minimum atomic E-state index is -3.66. The van der Waals surface area contributed by atoms with Crippen molar-refractivity contribution < 1.29 is 17.9 Å². The Kier molecular flexibility index (Phi) is 5.53. The predicted octanol–water partition coefficient (Wildman–Crippen LogP) is 3.34. The van der Waals surface area contributed by atoms with Gasteiger partial charge in [-0.25, -0.2) is 8.42 Å². The van der Waals surface area contributed by atoms with E-state index in [9.17, 15) is 13.2 Å². The van der Waals surface area contributed by atoms with E-state index in [-0.39, 0.29) is 17.3 Å².